The standard InChI is InChI=1S/C16H20N2OS/c1-2-10-17-15(19)12-18-16(14-9-6-11-20-14)13-7-4-3-5-8-13/h3-9,11,16,18H,2,10,12H2,1H3,(H,17,19)/p+1/t16-/m0/s1. The summed E-state index contributed by atoms with van der Waals surface area (Å²) in [5.74, 6) is 0.101. The lowest BCUT2D eigenvalue weighted by Gasteiger charge is -2.14. The van der Waals surface area contributed by atoms with Crippen molar-refractivity contribution in [3.05, 3.63) is 58.3 Å². The number of thiophene rings is 1. The van der Waals surface area contributed by atoms with Crippen LogP contribution in [0.4, 0.5) is 0 Å². The fourth-order valence-electron chi connectivity index (χ4n) is 2.11. The van der Waals surface area contributed by atoms with Crippen molar-refractivity contribution >= 4 is 17.2 Å². The highest BCUT2D eigenvalue weighted by Gasteiger charge is 2.19. The first-order valence-electron chi connectivity index (χ1n) is 6.99. The quantitative estimate of drug-likeness (QED) is 0.804. The van der Waals surface area contributed by atoms with E-state index < -0.39 is 0 Å². The molecule has 2 rings (SSSR count). The van der Waals surface area contributed by atoms with E-state index in [0.717, 1.165) is 13.0 Å². The van der Waals surface area contributed by atoms with Gasteiger partial charge in [0.2, 0.25) is 0 Å². The minimum absolute atomic E-state index is 0.101. The molecule has 0 aliphatic heterocycles. The lowest BCUT2D eigenvalue weighted by molar-refractivity contribution is -0.676. The average Bonchev–Trinajstić information content (AvgIpc) is 3.00. The predicted octanol–water partition coefficient (Wildman–Crippen LogP) is 1.93. The molecule has 0 fully saturated rings. The number of hydrogen-bond acceptors (Lipinski definition) is 2. The van der Waals surface area contributed by atoms with Crippen molar-refractivity contribution in [2.45, 2.75) is 19.4 Å². The van der Waals surface area contributed by atoms with Gasteiger partial charge in [0.05, 0.1) is 4.88 Å². The number of hydrogen-bond donors (Lipinski definition) is 2. The van der Waals surface area contributed by atoms with E-state index in [2.05, 4.69) is 47.2 Å². The maximum atomic E-state index is 11.8. The largest absolute Gasteiger partial charge is 0.351 e. The van der Waals surface area contributed by atoms with Crippen molar-refractivity contribution in [2.24, 2.45) is 0 Å². The van der Waals surface area contributed by atoms with Crippen LogP contribution in [0.3, 0.4) is 0 Å². The lowest BCUT2D eigenvalue weighted by atomic mass is 10.1. The number of nitrogens with one attached hydrogen (secondary N) is 1. The number of carbonyl (C=O) groups excluding carboxylic acids is 1. The lowest BCUT2D eigenvalue weighted by Crippen LogP contribution is -2.87. The van der Waals surface area contributed by atoms with E-state index in [4.69, 9.17) is 0 Å². The Morgan fingerprint density at radius 1 is 1.25 bits per heavy atom. The molecule has 3 nitrogen and oxygen atoms in total. The zero-order chi connectivity index (χ0) is 14.2. The molecule has 0 aliphatic rings. The topological polar surface area (TPSA) is 45.7 Å². The molecule has 2 aromatic rings. The Morgan fingerprint density at radius 2 is 2.05 bits per heavy atom. The summed E-state index contributed by atoms with van der Waals surface area (Å²) in [5, 5.41) is 7.10. The fourth-order valence-corrected chi connectivity index (χ4v) is 2.96. The highest BCUT2D eigenvalue weighted by atomic mass is 32.1. The molecule has 1 aromatic carbocycles. The van der Waals surface area contributed by atoms with Crippen LogP contribution >= 0.6 is 11.3 Å². The molecule has 1 atom stereocenters. The summed E-state index contributed by atoms with van der Waals surface area (Å²) in [6, 6.07) is 14.7. The Bertz CT molecular complexity index is 511. The van der Waals surface area contributed by atoms with Crippen LogP contribution in [0, 0.1) is 0 Å². The molecule has 0 radical (unpaired) electrons. The second-order valence-corrected chi connectivity index (χ2v) is 5.67. The first kappa shape index (κ1) is 14.8. The smallest absolute Gasteiger partial charge is 0.275 e. The highest BCUT2D eigenvalue weighted by Crippen LogP contribution is 2.22. The molecule has 0 spiro atoms. The molecular formula is C16H21N2OS+. The van der Waals surface area contributed by atoms with Gasteiger partial charge in [0, 0.05) is 12.1 Å². The van der Waals surface area contributed by atoms with Crippen LogP contribution in [0.2, 0.25) is 0 Å². The SMILES string of the molecule is CCCNC(=O)C[NH2+][C@@H](c1ccccc1)c1cccs1. The third-order valence-corrected chi connectivity index (χ3v) is 4.07. The Balaban J connectivity index is 2.03. The summed E-state index contributed by atoms with van der Waals surface area (Å²) in [4.78, 5) is 13.0. The Hall–Kier alpha value is -1.65. The predicted molar refractivity (Wildman–Crippen MR) is 82.7 cm³/mol. The van der Waals surface area contributed by atoms with Gasteiger partial charge in [-0.25, -0.2) is 0 Å². The van der Waals surface area contributed by atoms with E-state index in [1.165, 1.54) is 10.4 Å². The summed E-state index contributed by atoms with van der Waals surface area (Å²) >= 11 is 1.73. The maximum absolute atomic E-state index is 11.8. The molecule has 3 N–H and O–H groups in total. The monoisotopic (exact) mass is 289 g/mol. The number of rotatable bonds is 7. The average molecular weight is 289 g/mol. The van der Waals surface area contributed by atoms with Gasteiger partial charge in [0.1, 0.15) is 6.04 Å². The van der Waals surface area contributed by atoms with Crippen LogP contribution in [0.25, 0.3) is 0 Å². The van der Waals surface area contributed by atoms with Crippen LogP contribution in [0.1, 0.15) is 29.8 Å². The van der Waals surface area contributed by atoms with Gasteiger partial charge < -0.3 is 10.6 Å². The van der Waals surface area contributed by atoms with Gasteiger partial charge in [-0.05, 0) is 17.9 Å². The van der Waals surface area contributed by atoms with Crippen molar-refractivity contribution in [3.8, 4) is 0 Å². The van der Waals surface area contributed by atoms with E-state index >= 15 is 0 Å². The summed E-state index contributed by atoms with van der Waals surface area (Å²) in [6.45, 7) is 3.27. The number of carbonyl (C=O) groups is 1. The van der Waals surface area contributed by atoms with Crippen molar-refractivity contribution in [3.63, 3.8) is 0 Å². The van der Waals surface area contributed by atoms with Crippen molar-refractivity contribution < 1.29 is 10.1 Å². The zero-order valence-electron chi connectivity index (χ0n) is 11.7. The van der Waals surface area contributed by atoms with E-state index in [1.54, 1.807) is 11.3 Å². The van der Waals surface area contributed by atoms with Crippen LogP contribution < -0.4 is 10.6 Å². The van der Waals surface area contributed by atoms with Crippen molar-refractivity contribution in [1.29, 1.82) is 0 Å². The molecule has 0 saturated heterocycles. The molecule has 20 heavy (non-hydrogen) atoms. The van der Waals surface area contributed by atoms with E-state index in [-0.39, 0.29) is 11.9 Å². The molecule has 1 amide bonds. The first-order chi connectivity index (χ1) is 9.81. The second kappa shape index (κ2) is 7.82. The van der Waals surface area contributed by atoms with E-state index in [0.29, 0.717) is 6.54 Å². The summed E-state index contributed by atoms with van der Waals surface area (Å²) in [5.41, 5.74) is 1.23. The first-order valence-corrected chi connectivity index (χ1v) is 7.87. The molecular weight excluding hydrogens is 268 g/mol. The molecule has 4 heteroatoms. The maximum Gasteiger partial charge on any atom is 0.275 e. The summed E-state index contributed by atoms with van der Waals surface area (Å²) in [7, 11) is 0. The highest BCUT2D eigenvalue weighted by molar-refractivity contribution is 7.10. The van der Waals surface area contributed by atoms with Crippen LogP contribution in [0.15, 0.2) is 47.8 Å². The molecule has 106 valence electrons. The third kappa shape index (κ3) is 4.18. The Labute approximate surface area is 124 Å². The number of quaternary nitrogens is 1. The number of nitrogens with two attached hydrogens (primary N) is 1. The Kier molecular flexibility index (Phi) is 5.77. The van der Waals surface area contributed by atoms with Gasteiger partial charge in [-0.1, -0.05) is 43.3 Å². The van der Waals surface area contributed by atoms with Gasteiger partial charge >= 0.3 is 0 Å². The van der Waals surface area contributed by atoms with E-state index in [1.807, 2.05) is 18.2 Å². The molecule has 0 aliphatic carbocycles. The summed E-state index contributed by atoms with van der Waals surface area (Å²) in [6.07, 6.45) is 0.971. The molecule has 1 aromatic heterocycles. The molecule has 0 bridgehead atoms. The van der Waals surface area contributed by atoms with Crippen molar-refractivity contribution in [2.75, 3.05) is 13.1 Å². The van der Waals surface area contributed by atoms with Crippen LogP contribution in [-0.4, -0.2) is 19.0 Å². The number of benzene rings is 1. The normalized spacial score (nSPS) is 12.1. The van der Waals surface area contributed by atoms with Gasteiger partial charge in [-0.3, -0.25) is 4.79 Å². The van der Waals surface area contributed by atoms with Gasteiger partial charge in [0.25, 0.3) is 5.91 Å². The van der Waals surface area contributed by atoms with Crippen molar-refractivity contribution in [1.82, 2.24) is 5.32 Å². The van der Waals surface area contributed by atoms with Crippen LogP contribution in [-0.2, 0) is 4.79 Å². The minimum atomic E-state index is 0.101. The van der Waals surface area contributed by atoms with Gasteiger partial charge in [0.15, 0.2) is 6.54 Å². The fraction of sp³-hybridized carbons (Fsp3) is 0.312. The summed E-state index contributed by atoms with van der Waals surface area (Å²) < 4.78 is 0. The second-order valence-electron chi connectivity index (χ2n) is 4.69. The number of amides is 1. The van der Waals surface area contributed by atoms with Gasteiger partial charge in [-0.15, -0.1) is 11.3 Å². The Morgan fingerprint density at radius 3 is 2.70 bits per heavy atom. The van der Waals surface area contributed by atoms with Crippen LogP contribution in [0.5, 0.6) is 0 Å². The third-order valence-electron chi connectivity index (χ3n) is 3.12. The van der Waals surface area contributed by atoms with E-state index in [9.17, 15) is 4.79 Å². The van der Waals surface area contributed by atoms with Gasteiger partial charge in [-0.2, -0.15) is 0 Å². The molecule has 0 saturated carbocycles. The zero-order valence-corrected chi connectivity index (χ0v) is 12.5. The minimum Gasteiger partial charge on any atom is -0.351 e. The molecule has 1 heterocycles. The molecule has 0 unspecified atom stereocenters.